The molecule has 0 bridgehead atoms. The number of hydrogen-bond donors (Lipinski definition) is 3. The number of rotatable bonds is 7. The van der Waals surface area contributed by atoms with Crippen LogP contribution in [0.25, 0.3) is 22.2 Å². The summed E-state index contributed by atoms with van der Waals surface area (Å²) in [5, 5.41) is 15.9. The standard InChI is InChI=1S/C21H27N5O4S/c1-12(2)23-20-19-17(22-11-26(4)21(19)28)9-16(25-20)14-6-7-15(24-13(3)10-27)18(8-14)31(5,29)30/h6-9,11-13,24,27H,10H2,1-5H3,(H,23,25)/t13-/m0/s1. The van der Waals surface area contributed by atoms with Gasteiger partial charge < -0.3 is 20.3 Å². The van der Waals surface area contributed by atoms with Crippen LogP contribution in [-0.4, -0.2) is 53.0 Å². The number of aliphatic hydroxyl groups excluding tert-OH is 1. The molecule has 0 aliphatic heterocycles. The number of fused-ring (bicyclic) bond motifs is 1. The third-order valence-corrected chi connectivity index (χ3v) is 5.82. The topological polar surface area (TPSA) is 126 Å². The fourth-order valence-corrected chi connectivity index (χ4v) is 4.03. The van der Waals surface area contributed by atoms with Crippen molar-refractivity contribution in [1.82, 2.24) is 14.5 Å². The van der Waals surface area contributed by atoms with Gasteiger partial charge in [-0.25, -0.2) is 18.4 Å². The molecule has 1 aromatic carbocycles. The van der Waals surface area contributed by atoms with Crippen molar-refractivity contribution >= 4 is 32.2 Å². The van der Waals surface area contributed by atoms with E-state index in [1.165, 1.54) is 17.0 Å². The number of aromatic nitrogens is 3. The molecule has 0 radical (unpaired) electrons. The lowest BCUT2D eigenvalue weighted by atomic mass is 10.1. The van der Waals surface area contributed by atoms with Gasteiger partial charge in [-0.15, -0.1) is 0 Å². The fraction of sp³-hybridized carbons (Fsp3) is 0.381. The molecule has 3 aromatic rings. The number of nitrogens with one attached hydrogen (secondary N) is 2. The van der Waals surface area contributed by atoms with Gasteiger partial charge >= 0.3 is 0 Å². The summed E-state index contributed by atoms with van der Waals surface area (Å²) >= 11 is 0. The van der Waals surface area contributed by atoms with Crippen LogP contribution in [0.1, 0.15) is 20.8 Å². The van der Waals surface area contributed by atoms with Gasteiger partial charge in [0.2, 0.25) is 0 Å². The van der Waals surface area contributed by atoms with Crippen LogP contribution >= 0.6 is 0 Å². The maximum absolute atomic E-state index is 12.7. The predicted octanol–water partition coefficient (Wildman–Crippen LogP) is 2.01. The molecule has 9 nitrogen and oxygen atoms in total. The lowest BCUT2D eigenvalue weighted by Gasteiger charge is -2.17. The SMILES string of the molecule is CC(C)Nc1nc(-c2ccc(N[C@@H](C)CO)c(S(C)(=O)=O)c2)cc2ncn(C)c(=O)c12. The maximum atomic E-state index is 12.7. The molecule has 31 heavy (non-hydrogen) atoms. The second-order valence-corrected chi connectivity index (χ2v) is 9.91. The molecule has 0 saturated heterocycles. The second kappa shape index (κ2) is 8.64. The highest BCUT2D eigenvalue weighted by Gasteiger charge is 2.19. The van der Waals surface area contributed by atoms with Gasteiger partial charge in [0.25, 0.3) is 5.56 Å². The molecule has 0 spiro atoms. The summed E-state index contributed by atoms with van der Waals surface area (Å²) in [6, 6.07) is 6.32. The summed E-state index contributed by atoms with van der Waals surface area (Å²) in [5.74, 6) is 0.396. The number of pyridine rings is 1. The lowest BCUT2D eigenvalue weighted by molar-refractivity contribution is 0.281. The van der Waals surface area contributed by atoms with E-state index >= 15 is 0 Å². The summed E-state index contributed by atoms with van der Waals surface area (Å²) in [7, 11) is -1.93. The number of nitrogens with zero attached hydrogens (tertiary/aromatic N) is 3. The first-order valence-electron chi connectivity index (χ1n) is 9.86. The Labute approximate surface area is 181 Å². The molecule has 1 atom stereocenters. The molecule has 0 aliphatic rings. The number of sulfone groups is 1. The number of hydrogen-bond acceptors (Lipinski definition) is 8. The number of aryl methyl sites for hydroxylation is 1. The van der Waals surface area contributed by atoms with Crippen molar-refractivity contribution in [3.05, 3.63) is 40.9 Å². The van der Waals surface area contributed by atoms with E-state index < -0.39 is 9.84 Å². The molecule has 3 N–H and O–H groups in total. The van der Waals surface area contributed by atoms with E-state index in [9.17, 15) is 18.3 Å². The largest absolute Gasteiger partial charge is 0.394 e. The van der Waals surface area contributed by atoms with Crippen LogP contribution in [0.15, 0.2) is 40.3 Å². The monoisotopic (exact) mass is 445 g/mol. The Morgan fingerprint density at radius 1 is 1.16 bits per heavy atom. The fourth-order valence-electron chi connectivity index (χ4n) is 3.17. The zero-order chi connectivity index (χ0) is 22.9. The summed E-state index contributed by atoms with van der Waals surface area (Å²) in [6.07, 6.45) is 2.57. The average Bonchev–Trinajstić information content (AvgIpc) is 2.69. The molecule has 0 aliphatic carbocycles. The number of aliphatic hydroxyl groups is 1. The van der Waals surface area contributed by atoms with Crippen molar-refractivity contribution in [2.24, 2.45) is 7.05 Å². The minimum absolute atomic E-state index is 0.0222. The second-order valence-electron chi connectivity index (χ2n) is 7.92. The molecule has 2 aromatic heterocycles. The van der Waals surface area contributed by atoms with Gasteiger partial charge in [0.05, 0.1) is 34.7 Å². The van der Waals surface area contributed by atoms with Gasteiger partial charge in [0.15, 0.2) is 9.84 Å². The minimum Gasteiger partial charge on any atom is -0.394 e. The normalized spacial score (nSPS) is 12.9. The van der Waals surface area contributed by atoms with E-state index in [1.807, 2.05) is 13.8 Å². The quantitative estimate of drug-likeness (QED) is 0.504. The first-order valence-corrected chi connectivity index (χ1v) is 11.7. The summed E-state index contributed by atoms with van der Waals surface area (Å²) in [6.45, 7) is 5.49. The molecule has 0 saturated carbocycles. The third-order valence-electron chi connectivity index (χ3n) is 4.68. The highest BCUT2D eigenvalue weighted by Crippen LogP contribution is 2.31. The van der Waals surface area contributed by atoms with Crippen LogP contribution in [-0.2, 0) is 16.9 Å². The Kier molecular flexibility index (Phi) is 6.33. The van der Waals surface area contributed by atoms with E-state index in [0.717, 1.165) is 6.26 Å². The molecule has 0 amide bonds. The first kappa shape index (κ1) is 22.7. The highest BCUT2D eigenvalue weighted by molar-refractivity contribution is 7.90. The molecule has 0 unspecified atom stereocenters. The van der Waals surface area contributed by atoms with Crippen LogP contribution in [0.2, 0.25) is 0 Å². The Balaban J connectivity index is 2.23. The van der Waals surface area contributed by atoms with Gasteiger partial charge in [0.1, 0.15) is 11.2 Å². The predicted molar refractivity (Wildman–Crippen MR) is 122 cm³/mol. The van der Waals surface area contributed by atoms with Crippen molar-refractivity contribution in [1.29, 1.82) is 0 Å². The van der Waals surface area contributed by atoms with Crippen molar-refractivity contribution in [3.8, 4) is 11.3 Å². The van der Waals surface area contributed by atoms with Gasteiger partial charge in [-0.1, -0.05) is 6.07 Å². The summed E-state index contributed by atoms with van der Waals surface area (Å²) < 4.78 is 26.2. The van der Waals surface area contributed by atoms with E-state index in [1.54, 1.807) is 32.2 Å². The highest BCUT2D eigenvalue weighted by atomic mass is 32.2. The zero-order valence-electron chi connectivity index (χ0n) is 18.2. The van der Waals surface area contributed by atoms with E-state index in [-0.39, 0.29) is 29.1 Å². The minimum atomic E-state index is -3.56. The maximum Gasteiger partial charge on any atom is 0.264 e. The Bertz CT molecular complexity index is 1280. The van der Waals surface area contributed by atoms with Crippen molar-refractivity contribution < 1.29 is 13.5 Å². The molecular weight excluding hydrogens is 418 g/mol. The summed E-state index contributed by atoms with van der Waals surface area (Å²) in [5.41, 5.74) is 1.71. The molecule has 3 rings (SSSR count). The van der Waals surface area contributed by atoms with E-state index in [4.69, 9.17) is 0 Å². The van der Waals surface area contributed by atoms with Crippen LogP contribution in [0.4, 0.5) is 11.5 Å². The molecule has 166 valence electrons. The van der Waals surface area contributed by atoms with Crippen molar-refractivity contribution in [2.75, 3.05) is 23.5 Å². The molecule has 2 heterocycles. The third kappa shape index (κ3) is 4.86. The Morgan fingerprint density at radius 2 is 1.87 bits per heavy atom. The smallest absolute Gasteiger partial charge is 0.264 e. The summed E-state index contributed by atoms with van der Waals surface area (Å²) in [4.78, 5) is 21.8. The van der Waals surface area contributed by atoms with Crippen LogP contribution in [0.3, 0.4) is 0 Å². The molecule has 10 heteroatoms. The van der Waals surface area contributed by atoms with Gasteiger partial charge in [-0.2, -0.15) is 0 Å². The molecular formula is C21H27N5O4S. The lowest BCUT2D eigenvalue weighted by Crippen LogP contribution is -2.21. The van der Waals surface area contributed by atoms with Crippen LogP contribution in [0, 0.1) is 0 Å². The van der Waals surface area contributed by atoms with Crippen molar-refractivity contribution in [3.63, 3.8) is 0 Å². The molecule has 0 fully saturated rings. The van der Waals surface area contributed by atoms with Crippen LogP contribution < -0.4 is 16.2 Å². The Morgan fingerprint density at radius 3 is 2.48 bits per heavy atom. The first-order chi connectivity index (χ1) is 14.5. The van der Waals surface area contributed by atoms with E-state index in [0.29, 0.717) is 33.7 Å². The zero-order valence-corrected chi connectivity index (χ0v) is 19.0. The number of anilines is 2. The number of benzene rings is 1. The van der Waals surface area contributed by atoms with Gasteiger partial charge in [-0.3, -0.25) is 4.79 Å². The van der Waals surface area contributed by atoms with Gasteiger partial charge in [0, 0.05) is 31.0 Å². The van der Waals surface area contributed by atoms with Crippen LogP contribution in [0.5, 0.6) is 0 Å². The Hall–Kier alpha value is -2.98. The average molecular weight is 446 g/mol. The van der Waals surface area contributed by atoms with Crippen molar-refractivity contribution in [2.45, 2.75) is 37.8 Å². The van der Waals surface area contributed by atoms with Gasteiger partial charge in [-0.05, 0) is 39.0 Å². The van der Waals surface area contributed by atoms with E-state index in [2.05, 4.69) is 20.6 Å².